The molecule has 2 fully saturated rings. The topological polar surface area (TPSA) is 66.9 Å². The zero-order valence-electron chi connectivity index (χ0n) is 15.7. The maximum absolute atomic E-state index is 13.2. The molecule has 3 rings (SSSR count). The number of carbonyl (C=O) groups is 1. The molecule has 1 aliphatic carbocycles. The van der Waals surface area contributed by atoms with Crippen LogP contribution in [0.1, 0.15) is 49.4 Å². The van der Waals surface area contributed by atoms with Crippen molar-refractivity contribution in [3.63, 3.8) is 0 Å². The van der Waals surface area contributed by atoms with Crippen LogP contribution in [-0.2, 0) is 14.8 Å². The summed E-state index contributed by atoms with van der Waals surface area (Å²) in [4.78, 5) is 15.1. The number of carbonyl (C=O) groups excluding carboxylic acids is 1. The van der Waals surface area contributed by atoms with Crippen LogP contribution in [0.4, 0.5) is 0 Å². The second-order valence-corrected chi connectivity index (χ2v) is 9.39. The molecule has 2 aliphatic rings. The van der Waals surface area contributed by atoms with Crippen molar-refractivity contribution >= 4 is 27.5 Å². The summed E-state index contributed by atoms with van der Waals surface area (Å²) < 4.78 is 32.5. The van der Waals surface area contributed by atoms with E-state index in [4.69, 9.17) is 16.3 Å². The van der Waals surface area contributed by atoms with Crippen LogP contribution in [0.2, 0.25) is 5.02 Å². The number of sulfonamides is 1. The van der Waals surface area contributed by atoms with E-state index in [9.17, 15) is 13.2 Å². The highest BCUT2D eigenvalue weighted by Gasteiger charge is 2.30. The molecule has 6 nitrogen and oxygen atoms in total. The minimum atomic E-state index is -3.67. The first-order valence-electron chi connectivity index (χ1n) is 9.63. The molecular formula is C19H27ClN2O4S. The second kappa shape index (κ2) is 8.90. The van der Waals surface area contributed by atoms with Crippen molar-refractivity contribution in [3.8, 4) is 0 Å². The summed E-state index contributed by atoms with van der Waals surface area (Å²) in [6.07, 6.45) is 5.42. The molecule has 1 amide bonds. The Morgan fingerprint density at radius 1 is 1.22 bits per heavy atom. The molecule has 0 radical (unpaired) electrons. The van der Waals surface area contributed by atoms with E-state index in [0.29, 0.717) is 32.8 Å². The lowest BCUT2D eigenvalue weighted by atomic mass is 9.93. The smallest absolute Gasteiger partial charge is 0.255 e. The maximum atomic E-state index is 13.2. The first kappa shape index (κ1) is 20.6. The molecule has 0 atom stereocenters. The van der Waals surface area contributed by atoms with Gasteiger partial charge >= 0.3 is 0 Å². The van der Waals surface area contributed by atoms with Crippen molar-refractivity contribution in [2.45, 2.75) is 50.0 Å². The van der Waals surface area contributed by atoms with Crippen LogP contribution in [0.25, 0.3) is 0 Å². The van der Waals surface area contributed by atoms with Crippen LogP contribution in [0.5, 0.6) is 0 Å². The van der Waals surface area contributed by atoms with Crippen molar-refractivity contribution in [3.05, 3.63) is 28.8 Å². The third-order valence-electron chi connectivity index (χ3n) is 5.39. The van der Waals surface area contributed by atoms with Crippen molar-refractivity contribution < 1.29 is 17.9 Å². The van der Waals surface area contributed by atoms with Crippen molar-refractivity contribution in [2.24, 2.45) is 0 Å². The minimum Gasteiger partial charge on any atom is -0.379 e. The van der Waals surface area contributed by atoms with Gasteiger partial charge in [0.1, 0.15) is 0 Å². The SMILES string of the molecule is CCN(C(=O)c1cc(S(=O)(=O)N2CCOCC2)ccc1Cl)C1CCCCC1. The normalized spacial score (nSPS) is 19.8. The van der Waals surface area contributed by atoms with E-state index in [1.54, 1.807) is 0 Å². The molecule has 0 unspecified atom stereocenters. The summed E-state index contributed by atoms with van der Waals surface area (Å²) in [6.45, 7) is 3.93. The van der Waals surface area contributed by atoms with Gasteiger partial charge in [-0.2, -0.15) is 4.31 Å². The van der Waals surface area contributed by atoms with Crippen molar-refractivity contribution in [2.75, 3.05) is 32.8 Å². The lowest BCUT2D eigenvalue weighted by Crippen LogP contribution is -2.42. The Hall–Kier alpha value is -1.15. The number of amides is 1. The molecule has 0 bridgehead atoms. The lowest BCUT2D eigenvalue weighted by Gasteiger charge is -2.34. The minimum absolute atomic E-state index is 0.108. The molecule has 0 spiro atoms. The molecule has 27 heavy (non-hydrogen) atoms. The fourth-order valence-electron chi connectivity index (χ4n) is 3.88. The molecule has 1 aliphatic heterocycles. The summed E-state index contributed by atoms with van der Waals surface area (Å²) in [5.41, 5.74) is 0.262. The molecule has 0 aromatic heterocycles. The van der Waals surface area contributed by atoms with E-state index < -0.39 is 10.0 Å². The molecule has 1 aromatic rings. The molecule has 1 saturated carbocycles. The number of nitrogens with zero attached hydrogens (tertiary/aromatic N) is 2. The Balaban J connectivity index is 1.89. The summed E-state index contributed by atoms with van der Waals surface area (Å²) in [6, 6.07) is 4.62. The molecule has 1 heterocycles. The van der Waals surface area contributed by atoms with Gasteiger partial charge in [0.2, 0.25) is 10.0 Å². The van der Waals surface area contributed by atoms with Crippen molar-refractivity contribution in [1.29, 1.82) is 0 Å². The molecular weight excluding hydrogens is 388 g/mol. The van der Waals surface area contributed by atoms with Crippen LogP contribution < -0.4 is 0 Å². The quantitative estimate of drug-likeness (QED) is 0.742. The summed E-state index contributed by atoms with van der Waals surface area (Å²) in [5.74, 6) is -0.187. The summed E-state index contributed by atoms with van der Waals surface area (Å²) >= 11 is 6.29. The zero-order valence-corrected chi connectivity index (χ0v) is 17.3. The largest absolute Gasteiger partial charge is 0.379 e. The van der Waals surface area contributed by atoms with E-state index >= 15 is 0 Å². The molecule has 0 N–H and O–H groups in total. The predicted octanol–water partition coefficient (Wildman–Crippen LogP) is 3.16. The Morgan fingerprint density at radius 2 is 1.89 bits per heavy atom. The van der Waals surface area contributed by atoms with Crippen LogP contribution in [-0.4, -0.2) is 62.4 Å². The van der Waals surface area contributed by atoms with Crippen LogP contribution in [0, 0.1) is 0 Å². The average molecular weight is 415 g/mol. The first-order chi connectivity index (χ1) is 12.9. The van der Waals surface area contributed by atoms with Gasteiger partial charge in [-0.05, 0) is 38.0 Å². The number of morpholine rings is 1. The fraction of sp³-hybridized carbons (Fsp3) is 0.632. The Labute approximate surface area is 166 Å². The number of hydrogen-bond donors (Lipinski definition) is 0. The van der Waals surface area contributed by atoms with Crippen LogP contribution in [0.15, 0.2) is 23.1 Å². The maximum Gasteiger partial charge on any atom is 0.255 e. The third kappa shape index (κ3) is 4.47. The van der Waals surface area contributed by atoms with E-state index in [1.807, 2.05) is 11.8 Å². The van der Waals surface area contributed by atoms with E-state index in [1.165, 1.54) is 28.9 Å². The predicted molar refractivity (Wildman–Crippen MR) is 105 cm³/mol. The third-order valence-corrected chi connectivity index (χ3v) is 7.62. The number of rotatable bonds is 5. The number of ether oxygens (including phenoxy) is 1. The van der Waals surface area contributed by atoms with Gasteiger partial charge in [0, 0.05) is 25.7 Å². The second-order valence-electron chi connectivity index (χ2n) is 7.04. The highest BCUT2D eigenvalue weighted by Crippen LogP contribution is 2.28. The fourth-order valence-corrected chi connectivity index (χ4v) is 5.51. The van der Waals surface area contributed by atoms with E-state index in [2.05, 4.69) is 0 Å². The van der Waals surface area contributed by atoms with Crippen LogP contribution in [0.3, 0.4) is 0 Å². The van der Waals surface area contributed by atoms with Gasteiger partial charge in [-0.3, -0.25) is 4.79 Å². The standard InChI is InChI=1S/C19H27ClN2O4S/c1-2-22(15-6-4-3-5-7-15)19(23)17-14-16(8-9-18(17)20)27(24,25)21-10-12-26-13-11-21/h8-9,14-15H,2-7,10-13H2,1H3. The van der Waals surface area contributed by atoms with Gasteiger partial charge in [-0.15, -0.1) is 0 Å². The highest BCUT2D eigenvalue weighted by molar-refractivity contribution is 7.89. The molecule has 8 heteroatoms. The molecule has 150 valence electrons. The number of benzene rings is 1. The average Bonchev–Trinajstić information content (AvgIpc) is 2.70. The Morgan fingerprint density at radius 3 is 2.52 bits per heavy atom. The zero-order chi connectivity index (χ0) is 19.4. The van der Waals surface area contributed by atoms with Gasteiger partial charge in [-0.1, -0.05) is 30.9 Å². The number of hydrogen-bond acceptors (Lipinski definition) is 4. The van der Waals surface area contributed by atoms with Gasteiger partial charge < -0.3 is 9.64 Å². The Bertz CT molecular complexity index is 772. The van der Waals surface area contributed by atoms with Crippen molar-refractivity contribution in [1.82, 2.24) is 9.21 Å². The number of halogens is 1. The van der Waals surface area contributed by atoms with E-state index in [-0.39, 0.29) is 27.4 Å². The Kier molecular flexibility index (Phi) is 6.78. The summed E-state index contributed by atoms with van der Waals surface area (Å²) in [7, 11) is -3.67. The van der Waals surface area contributed by atoms with E-state index in [0.717, 1.165) is 25.7 Å². The van der Waals surface area contributed by atoms with Gasteiger partial charge in [-0.25, -0.2) is 8.42 Å². The van der Waals surface area contributed by atoms with Gasteiger partial charge in [0.15, 0.2) is 0 Å². The molecule has 1 aromatic carbocycles. The molecule has 1 saturated heterocycles. The first-order valence-corrected chi connectivity index (χ1v) is 11.5. The van der Waals surface area contributed by atoms with Gasteiger partial charge in [0.05, 0.1) is 28.7 Å². The summed E-state index contributed by atoms with van der Waals surface area (Å²) in [5, 5.41) is 0.287. The van der Waals surface area contributed by atoms with Crippen LogP contribution >= 0.6 is 11.6 Å². The lowest BCUT2D eigenvalue weighted by molar-refractivity contribution is 0.0647. The highest BCUT2D eigenvalue weighted by atomic mass is 35.5. The monoisotopic (exact) mass is 414 g/mol. The van der Waals surface area contributed by atoms with Gasteiger partial charge in [0.25, 0.3) is 5.91 Å².